The molecule has 0 amide bonds. The molecule has 3 heterocycles. The van der Waals surface area contributed by atoms with Crippen LogP contribution in [0.4, 0.5) is 5.69 Å². The van der Waals surface area contributed by atoms with Crippen molar-refractivity contribution < 1.29 is 4.21 Å². The van der Waals surface area contributed by atoms with Gasteiger partial charge in [-0.1, -0.05) is 24.3 Å². The number of fused-ring (bicyclic) bond motifs is 1. The van der Waals surface area contributed by atoms with Crippen LogP contribution in [0.1, 0.15) is 5.56 Å². The lowest BCUT2D eigenvalue weighted by Gasteiger charge is -2.29. The van der Waals surface area contributed by atoms with Gasteiger partial charge in [-0.05, 0) is 53.9 Å². The molecule has 1 fully saturated rings. The molecule has 2 aromatic heterocycles. The molecule has 0 aliphatic carbocycles. The van der Waals surface area contributed by atoms with Gasteiger partial charge in [0.25, 0.3) is 0 Å². The number of pyridine rings is 1. The van der Waals surface area contributed by atoms with Gasteiger partial charge in [-0.15, -0.1) is 0 Å². The number of nitrogens with one attached hydrogen (secondary N) is 1. The van der Waals surface area contributed by atoms with E-state index >= 15 is 0 Å². The Balaban J connectivity index is 1.46. The van der Waals surface area contributed by atoms with Gasteiger partial charge < -0.3 is 14.6 Å². The van der Waals surface area contributed by atoms with Crippen molar-refractivity contribution >= 4 is 22.1 Å². The number of aryl methyl sites for hydroxylation is 1. The normalized spacial score (nSPS) is 15.4. The number of nitrogens with zero attached hydrogens (tertiary/aromatic N) is 3. The maximum Gasteiger partial charge on any atom is 0.140 e. The molecule has 31 heavy (non-hydrogen) atoms. The van der Waals surface area contributed by atoms with Gasteiger partial charge in [0.15, 0.2) is 0 Å². The van der Waals surface area contributed by atoms with Gasteiger partial charge in [-0.25, -0.2) is 4.98 Å². The third-order valence-electron chi connectivity index (χ3n) is 5.90. The topological polar surface area (TPSA) is 49.6 Å². The van der Waals surface area contributed by atoms with E-state index in [1.54, 1.807) is 6.26 Å². The zero-order valence-electron chi connectivity index (χ0n) is 17.8. The van der Waals surface area contributed by atoms with E-state index in [9.17, 15) is 4.21 Å². The summed E-state index contributed by atoms with van der Waals surface area (Å²) in [7, 11) is -0.972. The summed E-state index contributed by atoms with van der Waals surface area (Å²) in [5.74, 6) is 0. The van der Waals surface area contributed by atoms with Gasteiger partial charge in [0.1, 0.15) is 5.65 Å². The molecule has 1 saturated heterocycles. The van der Waals surface area contributed by atoms with Crippen LogP contribution in [0.5, 0.6) is 0 Å². The highest BCUT2D eigenvalue weighted by Crippen LogP contribution is 2.28. The Kier molecular flexibility index (Phi) is 5.34. The summed E-state index contributed by atoms with van der Waals surface area (Å²) in [6.07, 6.45) is 5.91. The first-order chi connectivity index (χ1) is 15.1. The van der Waals surface area contributed by atoms with E-state index in [2.05, 4.69) is 64.3 Å². The molecule has 5 rings (SSSR count). The Bertz CT molecular complexity index is 1240. The van der Waals surface area contributed by atoms with Crippen LogP contribution < -0.4 is 10.2 Å². The molecule has 0 saturated carbocycles. The predicted octanol–water partition coefficient (Wildman–Crippen LogP) is 4.12. The summed E-state index contributed by atoms with van der Waals surface area (Å²) in [6.45, 7) is 6.29. The standard InChI is InChI=1S/C25H26N4OS/c1-18-15-21(19-3-7-22(8-4-19)28-13-11-26-12-14-28)16-29-17-24(27-25(18)29)20-5-9-23(10-6-20)31(2)30/h3-10,15-17,26H,11-14H2,1-2H3. The fourth-order valence-electron chi connectivity index (χ4n) is 4.17. The zero-order chi connectivity index (χ0) is 21.4. The first-order valence-electron chi connectivity index (χ1n) is 10.6. The second-order valence-corrected chi connectivity index (χ2v) is 9.41. The van der Waals surface area contributed by atoms with Crippen molar-refractivity contribution in [2.75, 3.05) is 37.3 Å². The monoisotopic (exact) mass is 430 g/mol. The van der Waals surface area contributed by atoms with Crippen LogP contribution in [0, 0.1) is 6.92 Å². The second kappa shape index (κ2) is 8.29. The molecule has 4 aromatic rings. The number of piperazine rings is 1. The average molecular weight is 431 g/mol. The number of anilines is 1. The van der Waals surface area contributed by atoms with Crippen molar-refractivity contribution in [2.24, 2.45) is 0 Å². The van der Waals surface area contributed by atoms with Crippen LogP contribution >= 0.6 is 0 Å². The largest absolute Gasteiger partial charge is 0.369 e. The van der Waals surface area contributed by atoms with Gasteiger partial charge in [0, 0.05) is 71.8 Å². The van der Waals surface area contributed by atoms with Gasteiger partial charge >= 0.3 is 0 Å². The number of rotatable bonds is 4. The Morgan fingerprint density at radius 3 is 2.26 bits per heavy atom. The summed E-state index contributed by atoms with van der Waals surface area (Å²) in [5.41, 5.74) is 7.71. The summed E-state index contributed by atoms with van der Waals surface area (Å²) in [4.78, 5) is 8.10. The molecule has 0 spiro atoms. The van der Waals surface area contributed by atoms with E-state index in [0.717, 1.165) is 53.5 Å². The third kappa shape index (κ3) is 4.01. The lowest BCUT2D eigenvalue weighted by molar-refractivity contribution is 0.589. The number of aromatic nitrogens is 2. The lowest BCUT2D eigenvalue weighted by atomic mass is 10.1. The molecule has 1 aliphatic heterocycles. The summed E-state index contributed by atoms with van der Waals surface area (Å²) < 4.78 is 13.8. The van der Waals surface area contributed by atoms with Crippen molar-refractivity contribution in [1.82, 2.24) is 14.7 Å². The molecule has 2 aromatic carbocycles. The van der Waals surface area contributed by atoms with E-state index < -0.39 is 10.8 Å². The molecule has 1 N–H and O–H groups in total. The SMILES string of the molecule is Cc1cc(-c2ccc(N3CCNCC3)cc2)cn2cc(-c3ccc(S(C)=O)cc3)nc12. The van der Waals surface area contributed by atoms with E-state index in [0.29, 0.717) is 0 Å². The quantitative estimate of drug-likeness (QED) is 0.529. The van der Waals surface area contributed by atoms with Crippen LogP contribution in [0.2, 0.25) is 0 Å². The minimum Gasteiger partial charge on any atom is -0.369 e. The maximum absolute atomic E-state index is 11.6. The Hall–Kier alpha value is -2.96. The summed E-state index contributed by atoms with van der Waals surface area (Å²) in [5, 5.41) is 3.40. The lowest BCUT2D eigenvalue weighted by Crippen LogP contribution is -2.43. The first-order valence-corrected chi connectivity index (χ1v) is 12.1. The molecule has 1 unspecified atom stereocenters. The number of hydrogen-bond acceptors (Lipinski definition) is 4. The van der Waals surface area contributed by atoms with Crippen molar-refractivity contribution in [3.63, 3.8) is 0 Å². The Labute approximate surface area is 185 Å². The van der Waals surface area contributed by atoms with Crippen LogP contribution in [0.15, 0.2) is 71.9 Å². The maximum atomic E-state index is 11.6. The van der Waals surface area contributed by atoms with Gasteiger partial charge in [0.05, 0.1) is 5.69 Å². The zero-order valence-corrected chi connectivity index (χ0v) is 18.7. The van der Waals surface area contributed by atoms with Crippen molar-refractivity contribution in [3.05, 3.63) is 72.6 Å². The van der Waals surface area contributed by atoms with E-state index in [-0.39, 0.29) is 0 Å². The third-order valence-corrected chi connectivity index (χ3v) is 6.84. The highest BCUT2D eigenvalue weighted by Gasteiger charge is 2.12. The number of imidazole rings is 1. The van der Waals surface area contributed by atoms with Crippen molar-refractivity contribution in [3.8, 4) is 22.4 Å². The van der Waals surface area contributed by atoms with Crippen LogP contribution in [-0.2, 0) is 10.8 Å². The molecular weight excluding hydrogens is 404 g/mol. The van der Waals surface area contributed by atoms with E-state index in [1.165, 1.54) is 16.8 Å². The van der Waals surface area contributed by atoms with Gasteiger partial charge in [0.2, 0.25) is 0 Å². The van der Waals surface area contributed by atoms with Crippen LogP contribution in [-0.4, -0.2) is 46.0 Å². The fraction of sp³-hybridized carbons (Fsp3) is 0.240. The highest BCUT2D eigenvalue weighted by molar-refractivity contribution is 7.84. The molecule has 1 aliphatic rings. The van der Waals surface area contributed by atoms with Crippen molar-refractivity contribution in [1.29, 1.82) is 0 Å². The number of hydrogen-bond donors (Lipinski definition) is 1. The van der Waals surface area contributed by atoms with Crippen LogP contribution in [0.25, 0.3) is 28.0 Å². The molecule has 158 valence electrons. The number of benzene rings is 2. The molecule has 1 atom stereocenters. The average Bonchev–Trinajstić information content (AvgIpc) is 3.25. The van der Waals surface area contributed by atoms with E-state index in [4.69, 9.17) is 4.98 Å². The minimum absolute atomic E-state index is 0.829. The van der Waals surface area contributed by atoms with Crippen molar-refractivity contribution in [2.45, 2.75) is 11.8 Å². The Morgan fingerprint density at radius 1 is 0.903 bits per heavy atom. The van der Waals surface area contributed by atoms with E-state index in [1.807, 2.05) is 24.3 Å². The molecule has 6 heteroatoms. The predicted molar refractivity (Wildman–Crippen MR) is 128 cm³/mol. The van der Waals surface area contributed by atoms with Crippen LogP contribution in [0.3, 0.4) is 0 Å². The van der Waals surface area contributed by atoms with Gasteiger partial charge in [-0.2, -0.15) is 0 Å². The highest BCUT2D eigenvalue weighted by atomic mass is 32.2. The smallest absolute Gasteiger partial charge is 0.140 e. The summed E-state index contributed by atoms with van der Waals surface area (Å²) in [6, 6.07) is 18.9. The molecular formula is C25H26N4OS. The molecule has 0 radical (unpaired) electrons. The minimum atomic E-state index is -0.972. The van der Waals surface area contributed by atoms with Gasteiger partial charge in [-0.3, -0.25) is 4.21 Å². The fourth-order valence-corrected chi connectivity index (χ4v) is 4.69. The molecule has 5 nitrogen and oxygen atoms in total. The summed E-state index contributed by atoms with van der Waals surface area (Å²) >= 11 is 0. The molecule has 0 bridgehead atoms. The second-order valence-electron chi connectivity index (χ2n) is 8.03. The first kappa shape index (κ1) is 20.0. The Morgan fingerprint density at radius 2 is 1.58 bits per heavy atom.